The largest absolute Gasteiger partial charge is 0.408 e. The molecule has 1 aromatic carbocycles. The van der Waals surface area contributed by atoms with Crippen LogP contribution in [0.15, 0.2) is 28.7 Å². The standard InChI is InChI=1S/C16H22N4O3S/c1-3-15-17-18-16(23-15)19-7-9-20(10-8-19)24(21,22)12-14-6-4-5-13(2)11-14/h4-6,11H,3,7-10,12H2,1-2H3. The molecule has 1 aliphatic rings. The molecule has 1 saturated heterocycles. The lowest BCUT2D eigenvalue weighted by molar-refractivity contribution is 0.368. The Balaban J connectivity index is 1.62. The molecule has 130 valence electrons. The minimum atomic E-state index is -3.32. The van der Waals surface area contributed by atoms with Crippen LogP contribution in [-0.2, 0) is 22.2 Å². The van der Waals surface area contributed by atoms with Gasteiger partial charge < -0.3 is 9.32 Å². The highest BCUT2D eigenvalue weighted by Crippen LogP contribution is 2.18. The fourth-order valence-corrected chi connectivity index (χ4v) is 4.28. The maximum absolute atomic E-state index is 12.6. The van der Waals surface area contributed by atoms with E-state index in [9.17, 15) is 8.42 Å². The molecule has 0 bridgehead atoms. The first-order chi connectivity index (χ1) is 11.5. The molecule has 3 rings (SSSR count). The van der Waals surface area contributed by atoms with Gasteiger partial charge in [-0.2, -0.15) is 4.31 Å². The quantitative estimate of drug-likeness (QED) is 0.815. The van der Waals surface area contributed by atoms with Crippen molar-refractivity contribution in [3.05, 3.63) is 41.3 Å². The van der Waals surface area contributed by atoms with E-state index in [1.807, 2.05) is 43.0 Å². The van der Waals surface area contributed by atoms with E-state index in [0.29, 0.717) is 44.5 Å². The second kappa shape index (κ2) is 6.90. The van der Waals surface area contributed by atoms with E-state index < -0.39 is 10.0 Å². The number of sulfonamides is 1. The Bertz CT molecular complexity index is 795. The van der Waals surface area contributed by atoms with E-state index in [-0.39, 0.29) is 5.75 Å². The van der Waals surface area contributed by atoms with Crippen LogP contribution in [0.4, 0.5) is 6.01 Å². The minimum absolute atomic E-state index is 0.0369. The van der Waals surface area contributed by atoms with Gasteiger partial charge in [-0.1, -0.05) is 41.9 Å². The molecule has 2 aromatic rings. The average molecular weight is 350 g/mol. The molecular formula is C16H22N4O3S. The summed E-state index contributed by atoms with van der Waals surface area (Å²) in [5.74, 6) is 0.634. The molecule has 0 spiro atoms. The van der Waals surface area contributed by atoms with Crippen molar-refractivity contribution in [2.45, 2.75) is 26.0 Å². The number of piperazine rings is 1. The Morgan fingerprint density at radius 3 is 2.54 bits per heavy atom. The van der Waals surface area contributed by atoms with Crippen LogP contribution in [0.5, 0.6) is 0 Å². The van der Waals surface area contributed by atoms with Gasteiger partial charge in [0.25, 0.3) is 0 Å². The van der Waals surface area contributed by atoms with Gasteiger partial charge in [0, 0.05) is 32.6 Å². The average Bonchev–Trinajstić information content (AvgIpc) is 3.04. The number of anilines is 1. The summed E-state index contributed by atoms with van der Waals surface area (Å²) in [5.41, 5.74) is 1.89. The van der Waals surface area contributed by atoms with Crippen molar-refractivity contribution in [2.24, 2.45) is 0 Å². The summed E-state index contributed by atoms with van der Waals surface area (Å²) in [6.45, 7) is 5.88. The molecule has 0 aliphatic carbocycles. The second-order valence-corrected chi connectivity index (χ2v) is 7.93. The normalized spacial score (nSPS) is 16.5. The van der Waals surface area contributed by atoms with Crippen molar-refractivity contribution < 1.29 is 12.8 Å². The van der Waals surface area contributed by atoms with Crippen LogP contribution < -0.4 is 4.90 Å². The SMILES string of the molecule is CCc1nnc(N2CCN(S(=O)(=O)Cc3cccc(C)c3)CC2)o1. The van der Waals surface area contributed by atoms with Gasteiger partial charge in [0.1, 0.15) is 0 Å². The third kappa shape index (κ3) is 3.76. The Hall–Kier alpha value is -1.93. The van der Waals surface area contributed by atoms with Crippen molar-refractivity contribution >= 4 is 16.0 Å². The first kappa shape index (κ1) is 16.9. The van der Waals surface area contributed by atoms with Gasteiger partial charge in [0.2, 0.25) is 15.9 Å². The molecule has 0 saturated carbocycles. The Kier molecular flexibility index (Phi) is 4.86. The predicted molar refractivity (Wildman–Crippen MR) is 91.3 cm³/mol. The summed E-state index contributed by atoms with van der Waals surface area (Å²) in [7, 11) is -3.32. The molecule has 1 fully saturated rings. The highest BCUT2D eigenvalue weighted by atomic mass is 32.2. The van der Waals surface area contributed by atoms with Gasteiger partial charge in [-0.3, -0.25) is 0 Å². The van der Waals surface area contributed by atoms with Crippen molar-refractivity contribution in [2.75, 3.05) is 31.1 Å². The molecule has 2 heterocycles. The van der Waals surface area contributed by atoms with Gasteiger partial charge in [0.15, 0.2) is 0 Å². The number of nitrogens with zero attached hydrogens (tertiary/aromatic N) is 4. The van der Waals surface area contributed by atoms with Gasteiger partial charge >= 0.3 is 6.01 Å². The number of aryl methyl sites for hydroxylation is 2. The molecule has 0 atom stereocenters. The second-order valence-electron chi connectivity index (χ2n) is 5.96. The zero-order chi connectivity index (χ0) is 17.2. The van der Waals surface area contributed by atoms with E-state index >= 15 is 0 Å². The maximum atomic E-state index is 12.6. The molecule has 7 nitrogen and oxygen atoms in total. The monoisotopic (exact) mass is 350 g/mol. The van der Waals surface area contributed by atoms with Crippen molar-refractivity contribution in [1.29, 1.82) is 0 Å². The van der Waals surface area contributed by atoms with Crippen LogP contribution >= 0.6 is 0 Å². The third-order valence-electron chi connectivity index (χ3n) is 4.09. The molecule has 24 heavy (non-hydrogen) atoms. The lowest BCUT2D eigenvalue weighted by Gasteiger charge is -2.32. The molecular weight excluding hydrogens is 328 g/mol. The first-order valence-corrected chi connectivity index (χ1v) is 9.69. The zero-order valence-corrected chi connectivity index (χ0v) is 14.8. The highest BCUT2D eigenvalue weighted by molar-refractivity contribution is 7.88. The van der Waals surface area contributed by atoms with E-state index in [1.165, 1.54) is 0 Å². The lowest BCUT2D eigenvalue weighted by atomic mass is 10.2. The van der Waals surface area contributed by atoms with Gasteiger partial charge in [-0.05, 0) is 12.5 Å². The number of aromatic nitrogens is 2. The van der Waals surface area contributed by atoms with Crippen LogP contribution in [0.1, 0.15) is 23.9 Å². The van der Waals surface area contributed by atoms with E-state index in [2.05, 4.69) is 10.2 Å². The van der Waals surface area contributed by atoms with Crippen LogP contribution in [-0.4, -0.2) is 49.1 Å². The van der Waals surface area contributed by atoms with E-state index in [1.54, 1.807) is 4.31 Å². The summed E-state index contributed by atoms with van der Waals surface area (Å²) in [4.78, 5) is 1.94. The summed E-state index contributed by atoms with van der Waals surface area (Å²) < 4.78 is 32.3. The van der Waals surface area contributed by atoms with Gasteiger partial charge in [-0.25, -0.2) is 8.42 Å². The molecule has 8 heteroatoms. The van der Waals surface area contributed by atoms with Crippen molar-refractivity contribution in [1.82, 2.24) is 14.5 Å². The lowest BCUT2D eigenvalue weighted by Crippen LogP contribution is -2.49. The Morgan fingerprint density at radius 2 is 1.92 bits per heavy atom. The smallest absolute Gasteiger partial charge is 0.318 e. The summed E-state index contributed by atoms with van der Waals surface area (Å²) in [6, 6.07) is 8.09. The number of benzene rings is 1. The molecule has 0 unspecified atom stereocenters. The summed E-state index contributed by atoms with van der Waals surface area (Å²) >= 11 is 0. The zero-order valence-electron chi connectivity index (χ0n) is 14.0. The molecule has 1 aliphatic heterocycles. The minimum Gasteiger partial charge on any atom is -0.408 e. The predicted octanol–water partition coefficient (Wildman–Crippen LogP) is 1.59. The van der Waals surface area contributed by atoms with Gasteiger partial charge in [0.05, 0.1) is 5.75 Å². The number of hydrogen-bond donors (Lipinski definition) is 0. The van der Waals surface area contributed by atoms with E-state index in [4.69, 9.17) is 4.42 Å². The molecule has 0 radical (unpaired) electrons. The topological polar surface area (TPSA) is 79.5 Å². The Morgan fingerprint density at radius 1 is 1.17 bits per heavy atom. The first-order valence-electron chi connectivity index (χ1n) is 8.08. The summed E-state index contributed by atoms with van der Waals surface area (Å²) in [6.07, 6.45) is 0.692. The molecule has 0 N–H and O–H groups in total. The fraction of sp³-hybridized carbons (Fsp3) is 0.500. The van der Waals surface area contributed by atoms with Crippen LogP contribution in [0.3, 0.4) is 0 Å². The Labute approximate surface area is 142 Å². The van der Waals surface area contributed by atoms with Crippen LogP contribution in [0.25, 0.3) is 0 Å². The highest BCUT2D eigenvalue weighted by Gasteiger charge is 2.28. The maximum Gasteiger partial charge on any atom is 0.318 e. The third-order valence-corrected chi connectivity index (χ3v) is 5.94. The number of hydrogen-bond acceptors (Lipinski definition) is 6. The van der Waals surface area contributed by atoms with E-state index in [0.717, 1.165) is 11.1 Å². The molecule has 1 aromatic heterocycles. The van der Waals surface area contributed by atoms with Gasteiger partial charge in [-0.15, -0.1) is 5.10 Å². The number of rotatable bonds is 5. The van der Waals surface area contributed by atoms with Crippen molar-refractivity contribution in [3.63, 3.8) is 0 Å². The molecule has 0 amide bonds. The van der Waals surface area contributed by atoms with Crippen molar-refractivity contribution in [3.8, 4) is 0 Å². The van der Waals surface area contributed by atoms with Crippen LogP contribution in [0, 0.1) is 6.92 Å². The van der Waals surface area contributed by atoms with Crippen LogP contribution in [0.2, 0.25) is 0 Å². The summed E-state index contributed by atoms with van der Waals surface area (Å²) in [5, 5.41) is 7.97. The fourth-order valence-electron chi connectivity index (χ4n) is 2.78.